The summed E-state index contributed by atoms with van der Waals surface area (Å²) in [7, 11) is 1.93. The first-order chi connectivity index (χ1) is 10.6. The fraction of sp³-hybridized carbons (Fsp3) is 0.375. The van der Waals surface area contributed by atoms with E-state index in [1.165, 1.54) is 12.1 Å². The number of hydrogen-bond donors (Lipinski definition) is 1. The van der Waals surface area contributed by atoms with Crippen LogP contribution in [0, 0.1) is 5.82 Å². The Kier molecular flexibility index (Phi) is 4.20. The van der Waals surface area contributed by atoms with Gasteiger partial charge in [0.1, 0.15) is 5.82 Å². The Balaban J connectivity index is 1.55. The van der Waals surface area contributed by atoms with Gasteiger partial charge in [-0.2, -0.15) is 0 Å². The Bertz CT molecular complexity index is 652. The lowest BCUT2D eigenvalue weighted by Gasteiger charge is -2.17. The van der Waals surface area contributed by atoms with Gasteiger partial charge in [0.2, 0.25) is 5.91 Å². The molecule has 1 N–H and O–H groups in total. The van der Waals surface area contributed by atoms with Crippen molar-refractivity contribution in [2.45, 2.75) is 25.6 Å². The maximum Gasteiger partial charge on any atom is 0.240 e. The standard InChI is InChI=1S/C16H19FN4O/c1-20-11-18-8-14(20)9-19-15-6-7-21(16(15)22)10-12-2-4-13(17)5-3-12/h2-5,8,11,15,19H,6-7,9-10H2,1H3. The lowest BCUT2D eigenvalue weighted by molar-refractivity contribution is -0.129. The number of hydrogen-bond acceptors (Lipinski definition) is 3. The molecule has 116 valence electrons. The van der Waals surface area contributed by atoms with Gasteiger partial charge in [0, 0.05) is 32.9 Å². The first-order valence-corrected chi connectivity index (χ1v) is 7.35. The Morgan fingerprint density at radius 1 is 1.36 bits per heavy atom. The van der Waals surface area contributed by atoms with Crippen molar-refractivity contribution in [1.82, 2.24) is 19.8 Å². The van der Waals surface area contributed by atoms with Gasteiger partial charge in [0.25, 0.3) is 0 Å². The molecule has 1 amide bonds. The molecule has 1 saturated heterocycles. The number of carbonyl (C=O) groups excluding carboxylic acids is 1. The lowest BCUT2D eigenvalue weighted by atomic mass is 10.2. The summed E-state index contributed by atoms with van der Waals surface area (Å²) in [5.41, 5.74) is 1.99. The highest BCUT2D eigenvalue weighted by molar-refractivity contribution is 5.83. The second kappa shape index (κ2) is 6.27. The zero-order valence-corrected chi connectivity index (χ0v) is 12.5. The SMILES string of the molecule is Cn1cncc1CNC1CCN(Cc2ccc(F)cc2)C1=O. The third-order valence-corrected chi connectivity index (χ3v) is 4.03. The van der Waals surface area contributed by atoms with Crippen LogP contribution in [0.3, 0.4) is 0 Å². The number of amides is 1. The molecule has 1 aliphatic heterocycles. The second-order valence-corrected chi connectivity index (χ2v) is 5.60. The van der Waals surface area contributed by atoms with Crippen molar-refractivity contribution in [1.29, 1.82) is 0 Å². The molecule has 1 fully saturated rings. The van der Waals surface area contributed by atoms with E-state index in [1.807, 2.05) is 16.5 Å². The number of imidazole rings is 1. The molecule has 1 atom stereocenters. The Morgan fingerprint density at radius 3 is 2.82 bits per heavy atom. The van der Waals surface area contributed by atoms with E-state index in [1.54, 1.807) is 24.7 Å². The molecule has 2 heterocycles. The fourth-order valence-corrected chi connectivity index (χ4v) is 2.68. The van der Waals surface area contributed by atoms with Crippen molar-refractivity contribution in [2.24, 2.45) is 7.05 Å². The van der Waals surface area contributed by atoms with E-state index in [0.717, 1.165) is 24.2 Å². The molecule has 0 saturated carbocycles. The molecule has 22 heavy (non-hydrogen) atoms. The number of carbonyl (C=O) groups is 1. The molecule has 0 radical (unpaired) electrons. The van der Waals surface area contributed by atoms with Crippen molar-refractivity contribution in [2.75, 3.05) is 6.54 Å². The fourth-order valence-electron chi connectivity index (χ4n) is 2.68. The predicted molar refractivity (Wildman–Crippen MR) is 80.3 cm³/mol. The number of nitrogens with zero attached hydrogens (tertiary/aromatic N) is 3. The molecule has 0 bridgehead atoms. The van der Waals surface area contributed by atoms with Crippen LogP contribution in [0.15, 0.2) is 36.8 Å². The van der Waals surface area contributed by atoms with Gasteiger partial charge in [0.05, 0.1) is 18.1 Å². The van der Waals surface area contributed by atoms with E-state index in [4.69, 9.17) is 0 Å². The number of aryl methyl sites for hydroxylation is 1. The van der Waals surface area contributed by atoms with E-state index >= 15 is 0 Å². The summed E-state index contributed by atoms with van der Waals surface area (Å²) in [6.45, 7) is 1.87. The molecule has 1 unspecified atom stereocenters. The minimum Gasteiger partial charge on any atom is -0.337 e. The molecule has 3 rings (SSSR count). The maximum absolute atomic E-state index is 12.9. The number of aromatic nitrogens is 2. The van der Waals surface area contributed by atoms with Gasteiger partial charge in [-0.25, -0.2) is 9.37 Å². The summed E-state index contributed by atoms with van der Waals surface area (Å²) < 4.78 is 14.8. The number of likely N-dealkylation sites (tertiary alicyclic amines) is 1. The summed E-state index contributed by atoms with van der Waals surface area (Å²) >= 11 is 0. The van der Waals surface area contributed by atoms with Gasteiger partial charge in [-0.05, 0) is 24.1 Å². The van der Waals surface area contributed by atoms with Gasteiger partial charge in [-0.3, -0.25) is 4.79 Å². The highest BCUT2D eigenvalue weighted by atomic mass is 19.1. The third-order valence-electron chi connectivity index (χ3n) is 4.03. The highest BCUT2D eigenvalue weighted by Crippen LogP contribution is 2.16. The van der Waals surface area contributed by atoms with Crippen molar-refractivity contribution < 1.29 is 9.18 Å². The second-order valence-electron chi connectivity index (χ2n) is 5.60. The predicted octanol–water partition coefficient (Wildman–Crippen LogP) is 1.45. The molecule has 1 aromatic heterocycles. The normalized spacial score (nSPS) is 18.2. The summed E-state index contributed by atoms with van der Waals surface area (Å²) in [6.07, 6.45) is 4.33. The smallest absolute Gasteiger partial charge is 0.240 e. The van der Waals surface area contributed by atoms with Gasteiger partial charge >= 0.3 is 0 Å². The first-order valence-electron chi connectivity index (χ1n) is 7.35. The molecule has 0 aliphatic carbocycles. The van der Waals surface area contributed by atoms with Crippen LogP contribution in [-0.4, -0.2) is 32.9 Å². The van der Waals surface area contributed by atoms with Gasteiger partial charge < -0.3 is 14.8 Å². The zero-order valence-electron chi connectivity index (χ0n) is 12.5. The van der Waals surface area contributed by atoms with E-state index in [0.29, 0.717) is 13.1 Å². The van der Waals surface area contributed by atoms with Gasteiger partial charge in [-0.15, -0.1) is 0 Å². The minimum absolute atomic E-state index is 0.103. The quantitative estimate of drug-likeness (QED) is 0.909. The first kappa shape index (κ1) is 14.7. The Labute approximate surface area is 128 Å². The van der Waals surface area contributed by atoms with Gasteiger partial charge in [0.15, 0.2) is 0 Å². The zero-order chi connectivity index (χ0) is 15.5. The topological polar surface area (TPSA) is 50.2 Å². The van der Waals surface area contributed by atoms with Crippen LogP contribution in [0.2, 0.25) is 0 Å². The van der Waals surface area contributed by atoms with Crippen molar-refractivity contribution in [3.63, 3.8) is 0 Å². The summed E-state index contributed by atoms with van der Waals surface area (Å²) in [5.74, 6) is -0.154. The van der Waals surface area contributed by atoms with E-state index in [9.17, 15) is 9.18 Å². The molecule has 5 nitrogen and oxygen atoms in total. The molecule has 0 spiro atoms. The largest absolute Gasteiger partial charge is 0.337 e. The van der Waals surface area contributed by atoms with Crippen LogP contribution >= 0.6 is 0 Å². The van der Waals surface area contributed by atoms with Crippen molar-refractivity contribution in [3.8, 4) is 0 Å². The molecular formula is C16H19FN4O. The highest BCUT2D eigenvalue weighted by Gasteiger charge is 2.31. The number of benzene rings is 1. The number of nitrogens with one attached hydrogen (secondary N) is 1. The van der Waals surface area contributed by atoms with E-state index in [-0.39, 0.29) is 17.8 Å². The van der Waals surface area contributed by atoms with E-state index in [2.05, 4.69) is 10.3 Å². The number of halogens is 1. The van der Waals surface area contributed by atoms with Crippen LogP contribution in [0.1, 0.15) is 17.7 Å². The number of rotatable bonds is 5. The summed E-state index contributed by atoms with van der Waals surface area (Å²) in [5, 5.41) is 3.29. The Morgan fingerprint density at radius 2 is 2.14 bits per heavy atom. The lowest BCUT2D eigenvalue weighted by Crippen LogP contribution is -2.37. The van der Waals surface area contributed by atoms with Crippen LogP contribution in [0.4, 0.5) is 4.39 Å². The van der Waals surface area contributed by atoms with Crippen LogP contribution < -0.4 is 5.32 Å². The Hall–Kier alpha value is -2.21. The monoisotopic (exact) mass is 302 g/mol. The molecule has 1 aliphatic rings. The van der Waals surface area contributed by atoms with Crippen molar-refractivity contribution >= 4 is 5.91 Å². The van der Waals surface area contributed by atoms with Crippen molar-refractivity contribution in [3.05, 3.63) is 53.9 Å². The average Bonchev–Trinajstić information content (AvgIpc) is 3.07. The van der Waals surface area contributed by atoms with Crippen LogP contribution in [0.25, 0.3) is 0 Å². The molecule has 2 aromatic rings. The molecule has 1 aromatic carbocycles. The molecule has 6 heteroatoms. The maximum atomic E-state index is 12.9. The minimum atomic E-state index is -0.257. The average molecular weight is 302 g/mol. The van der Waals surface area contributed by atoms with Crippen LogP contribution in [0.5, 0.6) is 0 Å². The van der Waals surface area contributed by atoms with E-state index < -0.39 is 0 Å². The molecular weight excluding hydrogens is 283 g/mol. The van der Waals surface area contributed by atoms with Crippen LogP contribution in [-0.2, 0) is 24.9 Å². The summed E-state index contributed by atoms with van der Waals surface area (Å²) in [6, 6.07) is 6.13. The third kappa shape index (κ3) is 3.17. The van der Waals surface area contributed by atoms with Gasteiger partial charge in [-0.1, -0.05) is 12.1 Å². The summed E-state index contributed by atoms with van der Waals surface area (Å²) in [4.78, 5) is 18.3.